The summed E-state index contributed by atoms with van der Waals surface area (Å²) in [6, 6.07) is 5.49. The fourth-order valence-electron chi connectivity index (χ4n) is 1.91. The van der Waals surface area contributed by atoms with Crippen molar-refractivity contribution in [3.63, 3.8) is 0 Å². The predicted molar refractivity (Wildman–Crippen MR) is 85.0 cm³/mol. The molecule has 0 fully saturated rings. The van der Waals surface area contributed by atoms with Gasteiger partial charge in [-0.3, -0.25) is 0 Å². The molecule has 0 saturated carbocycles. The average Bonchev–Trinajstić information content (AvgIpc) is 2.93. The normalized spacial score (nSPS) is 11.7. The molecule has 1 aliphatic rings. The highest BCUT2D eigenvalue weighted by Gasteiger charge is 2.20. The number of nitrogens with one attached hydrogen (secondary N) is 1. The van der Waals surface area contributed by atoms with Gasteiger partial charge in [0.15, 0.2) is 0 Å². The average molecular weight is 336 g/mol. The van der Waals surface area contributed by atoms with Crippen molar-refractivity contribution in [2.45, 2.75) is 6.92 Å². The smallest absolute Gasteiger partial charge is 0.148 e. The van der Waals surface area contributed by atoms with Crippen LogP contribution in [0.3, 0.4) is 0 Å². The Labute approximate surface area is 134 Å². The molecule has 104 valence electrons. The molecule has 8 heteroatoms. The van der Waals surface area contributed by atoms with Gasteiger partial charge in [-0.1, -0.05) is 23.2 Å². The zero-order valence-electron chi connectivity index (χ0n) is 10.7. The number of benzene rings is 1. The van der Waals surface area contributed by atoms with Crippen LogP contribution in [-0.4, -0.2) is 4.98 Å². The fourth-order valence-corrected chi connectivity index (χ4v) is 3.07. The molecule has 3 rings (SSSR count). The quantitative estimate of drug-likeness (QED) is 0.712. The minimum Gasteiger partial charge on any atom is -0.336 e. The second-order valence-electron chi connectivity index (χ2n) is 4.26. The molecule has 0 amide bonds. The molecule has 1 N–H and O–H groups in total. The molecule has 1 aliphatic heterocycles. The Hall–Kier alpha value is -1.94. The van der Waals surface area contributed by atoms with Crippen molar-refractivity contribution in [3.8, 4) is 6.07 Å². The Balaban J connectivity index is 2.13. The van der Waals surface area contributed by atoms with Crippen molar-refractivity contribution < 1.29 is 0 Å². The van der Waals surface area contributed by atoms with Gasteiger partial charge in [-0.15, -0.1) is 0 Å². The van der Waals surface area contributed by atoms with E-state index in [1.807, 2.05) is 6.92 Å². The van der Waals surface area contributed by atoms with Gasteiger partial charge < -0.3 is 5.32 Å². The number of halogens is 2. The van der Waals surface area contributed by atoms with Crippen LogP contribution in [0.4, 0.5) is 22.9 Å². The first kappa shape index (κ1) is 14.0. The van der Waals surface area contributed by atoms with Crippen molar-refractivity contribution in [2.75, 3.05) is 5.32 Å². The van der Waals surface area contributed by atoms with Crippen LogP contribution < -0.4 is 5.32 Å². The largest absolute Gasteiger partial charge is 0.336 e. The topological polar surface area (TPSA) is 73.4 Å². The molecule has 0 aliphatic carbocycles. The summed E-state index contributed by atoms with van der Waals surface area (Å²) in [4.78, 5) is 4.19. The maximum absolute atomic E-state index is 9.25. The van der Waals surface area contributed by atoms with Crippen molar-refractivity contribution in [1.29, 1.82) is 5.26 Å². The van der Waals surface area contributed by atoms with Gasteiger partial charge >= 0.3 is 0 Å². The van der Waals surface area contributed by atoms with Gasteiger partial charge in [0.2, 0.25) is 0 Å². The minimum atomic E-state index is 0.396. The summed E-state index contributed by atoms with van der Waals surface area (Å²) >= 11 is 13.4. The minimum absolute atomic E-state index is 0.396. The first-order valence-corrected chi connectivity index (χ1v) is 7.33. The lowest BCUT2D eigenvalue weighted by molar-refractivity contribution is 1.24. The highest BCUT2D eigenvalue weighted by atomic mass is 35.5. The number of rotatable bonds is 2. The number of anilines is 2. The van der Waals surface area contributed by atoms with E-state index in [9.17, 15) is 5.26 Å². The number of pyridine rings is 1. The molecule has 0 saturated heterocycles. The third-order valence-corrected chi connectivity index (χ3v) is 4.07. The zero-order chi connectivity index (χ0) is 15.0. The zero-order valence-corrected chi connectivity index (χ0v) is 13.0. The van der Waals surface area contributed by atoms with Gasteiger partial charge in [-0.05, 0) is 24.6 Å². The molecular formula is C13H7Cl2N5S. The summed E-state index contributed by atoms with van der Waals surface area (Å²) in [5, 5.41) is 13.2. The summed E-state index contributed by atoms with van der Waals surface area (Å²) in [6.45, 7) is 1.84. The lowest BCUT2D eigenvalue weighted by Gasteiger charge is -2.13. The molecule has 0 spiro atoms. The molecule has 5 nitrogen and oxygen atoms in total. The molecule has 1 aromatic carbocycles. The fraction of sp³-hybridized carbons (Fsp3) is 0.0769. The maximum Gasteiger partial charge on any atom is 0.148 e. The third-order valence-electron chi connectivity index (χ3n) is 2.96. The number of fused-ring (bicyclic) bond motifs is 1. The van der Waals surface area contributed by atoms with Crippen molar-refractivity contribution in [1.82, 2.24) is 4.98 Å². The highest BCUT2D eigenvalue weighted by Crippen LogP contribution is 2.48. The van der Waals surface area contributed by atoms with E-state index in [0.717, 1.165) is 16.9 Å². The summed E-state index contributed by atoms with van der Waals surface area (Å²) in [7, 11) is 0. The monoisotopic (exact) mass is 335 g/mol. The maximum atomic E-state index is 9.25. The molecule has 1 aromatic heterocycles. The third kappa shape index (κ3) is 2.40. The number of aromatic nitrogens is 1. The predicted octanol–water partition coefficient (Wildman–Crippen LogP) is 5.04. The van der Waals surface area contributed by atoms with Crippen LogP contribution in [0.5, 0.6) is 0 Å². The van der Waals surface area contributed by atoms with Crippen LogP contribution in [0.15, 0.2) is 27.1 Å². The number of hydrogen-bond donors (Lipinski definition) is 1. The highest BCUT2D eigenvalue weighted by molar-refractivity contribution is 7.58. The number of aryl methyl sites for hydroxylation is 1. The first-order valence-electron chi connectivity index (χ1n) is 5.85. The summed E-state index contributed by atoms with van der Waals surface area (Å²) < 4.78 is 8.34. The number of hydrogen-bond acceptors (Lipinski definition) is 5. The molecule has 0 bridgehead atoms. The van der Waals surface area contributed by atoms with Crippen LogP contribution >= 0.6 is 23.2 Å². The van der Waals surface area contributed by atoms with Crippen molar-refractivity contribution in [2.24, 2.45) is 8.73 Å². The van der Waals surface area contributed by atoms with E-state index in [-0.39, 0.29) is 0 Å². The van der Waals surface area contributed by atoms with Gasteiger partial charge in [0.05, 0.1) is 32.7 Å². The Bertz CT molecular complexity index is 866. The Morgan fingerprint density at radius 2 is 2.00 bits per heavy atom. The summed E-state index contributed by atoms with van der Waals surface area (Å²) in [5.41, 5.74) is 2.96. The van der Waals surface area contributed by atoms with Crippen LogP contribution in [-0.2, 0) is 11.4 Å². The first-order chi connectivity index (χ1) is 10.1. The van der Waals surface area contributed by atoms with Gasteiger partial charge in [0.1, 0.15) is 23.3 Å². The van der Waals surface area contributed by atoms with E-state index in [1.54, 1.807) is 18.3 Å². The van der Waals surface area contributed by atoms with Crippen molar-refractivity contribution >= 4 is 57.4 Å². The molecule has 21 heavy (non-hydrogen) atoms. The SMILES string of the molecule is Cc1ccnc(Nc2c(Cl)cc(Cl)c3c2N=S=N3)c1C#N. The van der Waals surface area contributed by atoms with Gasteiger partial charge in [0.25, 0.3) is 0 Å². The number of nitriles is 1. The molecular weight excluding hydrogens is 329 g/mol. The second-order valence-corrected chi connectivity index (χ2v) is 5.61. The summed E-state index contributed by atoms with van der Waals surface area (Å²) in [5.74, 6) is 0.427. The molecule has 0 radical (unpaired) electrons. The van der Waals surface area contributed by atoms with E-state index >= 15 is 0 Å². The standard InChI is InChI=1S/C13H7Cl2N5S/c1-6-2-3-17-13(7(6)5-16)18-10-8(14)4-9(15)11-12(10)20-21-19-11/h2-4H,1H3,(H,17,18). The lowest BCUT2D eigenvalue weighted by Crippen LogP contribution is -1.99. The Kier molecular flexibility index (Phi) is 3.64. The van der Waals surface area contributed by atoms with Gasteiger partial charge in [-0.25, -0.2) is 4.98 Å². The van der Waals surface area contributed by atoms with Crippen LogP contribution in [0.25, 0.3) is 0 Å². The Morgan fingerprint density at radius 1 is 1.24 bits per heavy atom. The lowest BCUT2D eigenvalue weighted by atomic mass is 10.1. The summed E-state index contributed by atoms with van der Waals surface area (Å²) in [6.07, 6.45) is 1.62. The number of nitrogens with zero attached hydrogens (tertiary/aromatic N) is 4. The molecule has 0 atom stereocenters. The van der Waals surface area contributed by atoms with Crippen LogP contribution in [0.1, 0.15) is 11.1 Å². The van der Waals surface area contributed by atoms with Gasteiger partial charge in [-0.2, -0.15) is 14.0 Å². The second kappa shape index (κ2) is 5.45. The van der Waals surface area contributed by atoms with E-state index < -0.39 is 0 Å². The van der Waals surface area contributed by atoms with Crippen molar-refractivity contribution in [3.05, 3.63) is 39.5 Å². The van der Waals surface area contributed by atoms with Crippen LogP contribution in [0, 0.1) is 18.3 Å². The van der Waals surface area contributed by atoms with Crippen LogP contribution in [0.2, 0.25) is 10.0 Å². The van der Waals surface area contributed by atoms with E-state index in [2.05, 4.69) is 25.1 Å². The van der Waals surface area contributed by atoms with Gasteiger partial charge in [0, 0.05) is 6.20 Å². The molecule has 0 unspecified atom stereocenters. The van der Waals surface area contributed by atoms with E-state index in [1.165, 1.54) is 0 Å². The van der Waals surface area contributed by atoms with E-state index in [0.29, 0.717) is 38.5 Å². The Morgan fingerprint density at radius 3 is 2.76 bits per heavy atom. The molecule has 2 aromatic rings. The van der Waals surface area contributed by atoms with E-state index in [4.69, 9.17) is 23.2 Å². The molecule has 2 heterocycles.